The number of hydrogen-bond acceptors (Lipinski definition) is 2. The van der Waals surface area contributed by atoms with Gasteiger partial charge in [-0.2, -0.15) is 0 Å². The van der Waals surface area contributed by atoms with Crippen molar-refractivity contribution in [2.45, 2.75) is 0 Å². The maximum absolute atomic E-state index is 13.0. The third kappa shape index (κ3) is 2.85. The van der Waals surface area contributed by atoms with Gasteiger partial charge in [0.05, 0.1) is 12.8 Å². The highest BCUT2D eigenvalue weighted by Gasteiger charge is 2.10. The Morgan fingerprint density at radius 1 is 1.15 bits per heavy atom. The molecule has 1 radical (unpaired) electrons. The number of methoxy groups -OCH3 is 1. The van der Waals surface area contributed by atoms with Crippen LogP contribution in [0.25, 0.3) is 0 Å². The van der Waals surface area contributed by atoms with Crippen LogP contribution in [0.15, 0.2) is 36.4 Å². The maximum atomic E-state index is 13.0. The molecule has 0 aromatic heterocycles. The molecule has 0 saturated heterocycles. The van der Waals surface area contributed by atoms with Crippen molar-refractivity contribution in [1.29, 1.82) is 0 Å². The van der Waals surface area contributed by atoms with Gasteiger partial charge in [-0.3, -0.25) is 10.5 Å². The van der Waals surface area contributed by atoms with E-state index < -0.39 is 17.5 Å². The normalized spacial score (nSPS) is 10.2. The Bertz CT molecular complexity index is 660. The lowest BCUT2D eigenvalue weighted by Crippen LogP contribution is -2.12. The van der Waals surface area contributed by atoms with E-state index in [0.29, 0.717) is 5.75 Å². The molecule has 0 fully saturated rings. The van der Waals surface area contributed by atoms with Crippen LogP contribution in [-0.2, 0) is 0 Å². The molecule has 2 aromatic rings. The third-order valence-electron chi connectivity index (χ3n) is 2.64. The molecular weight excluding hydrogens is 266 g/mol. The number of carbonyl (C=O) groups is 1. The zero-order valence-corrected chi connectivity index (χ0v) is 10.5. The Balaban J connectivity index is 2.19. The third-order valence-corrected chi connectivity index (χ3v) is 2.64. The first-order valence-electron chi connectivity index (χ1n) is 5.67. The molecule has 4 nitrogen and oxygen atoms in total. The van der Waals surface area contributed by atoms with Crippen LogP contribution >= 0.6 is 0 Å². The number of benzene rings is 2. The summed E-state index contributed by atoms with van der Waals surface area (Å²) in [5, 5.41) is 2.42. The Kier molecular flexibility index (Phi) is 3.84. The van der Waals surface area contributed by atoms with Crippen molar-refractivity contribution in [1.82, 2.24) is 5.73 Å². The molecule has 0 heterocycles. The summed E-state index contributed by atoms with van der Waals surface area (Å²) >= 11 is 0. The topological polar surface area (TPSA) is 62.1 Å². The number of hydrogen-bond donors (Lipinski definition) is 1. The SMILES string of the molecule is COc1ccc(C(=O)Nc2ccc(F)c(F)c2)cc1[NH]. The van der Waals surface area contributed by atoms with E-state index >= 15 is 0 Å². The minimum absolute atomic E-state index is 0.0606. The van der Waals surface area contributed by atoms with Crippen LogP contribution < -0.4 is 15.8 Å². The van der Waals surface area contributed by atoms with E-state index in [1.807, 2.05) is 0 Å². The lowest BCUT2D eigenvalue weighted by molar-refractivity contribution is 0.102. The quantitative estimate of drug-likeness (QED) is 0.936. The average molecular weight is 277 g/mol. The van der Waals surface area contributed by atoms with E-state index in [-0.39, 0.29) is 16.9 Å². The fourth-order valence-corrected chi connectivity index (χ4v) is 1.63. The first-order valence-corrected chi connectivity index (χ1v) is 5.67. The van der Waals surface area contributed by atoms with Crippen LogP contribution in [0.4, 0.5) is 20.2 Å². The van der Waals surface area contributed by atoms with Crippen LogP contribution in [0.1, 0.15) is 10.4 Å². The molecule has 2 rings (SSSR count). The molecule has 0 bridgehead atoms. The summed E-state index contributed by atoms with van der Waals surface area (Å²) in [6.07, 6.45) is 0. The second kappa shape index (κ2) is 5.56. The predicted molar refractivity (Wildman–Crippen MR) is 70.1 cm³/mol. The second-order valence-electron chi connectivity index (χ2n) is 4.00. The van der Waals surface area contributed by atoms with Crippen molar-refractivity contribution in [2.24, 2.45) is 0 Å². The van der Waals surface area contributed by atoms with Gasteiger partial charge in [-0.15, -0.1) is 0 Å². The molecular formula is C14H11F2N2O2. The zero-order valence-electron chi connectivity index (χ0n) is 10.5. The Morgan fingerprint density at radius 3 is 2.50 bits per heavy atom. The number of rotatable bonds is 3. The maximum Gasteiger partial charge on any atom is 0.255 e. The number of amides is 1. The molecule has 2 N–H and O–H groups in total. The van der Waals surface area contributed by atoms with Gasteiger partial charge >= 0.3 is 0 Å². The van der Waals surface area contributed by atoms with Crippen molar-refractivity contribution in [3.8, 4) is 5.75 Å². The van der Waals surface area contributed by atoms with Gasteiger partial charge in [-0.05, 0) is 30.3 Å². The number of nitrogens with one attached hydrogen (secondary N) is 2. The van der Waals surface area contributed by atoms with Crippen molar-refractivity contribution in [2.75, 3.05) is 12.4 Å². The predicted octanol–water partition coefficient (Wildman–Crippen LogP) is 3.14. The van der Waals surface area contributed by atoms with Crippen molar-refractivity contribution in [3.05, 3.63) is 53.6 Å². The Morgan fingerprint density at radius 2 is 1.90 bits per heavy atom. The first-order chi connectivity index (χ1) is 9.51. The Labute approximate surface area is 114 Å². The number of halogens is 2. The van der Waals surface area contributed by atoms with Gasteiger partial charge in [0.25, 0.3) is 5.91 Å². The summed E-state index contributed by atoms with van der Waals surface area (Å²) in [5.41, 5.74) is 8.05. The van der Waals surface area contributed by atoms with Crippen molar-refractivity contribution in [3.63, 3.8) is 0 Å². The molecule has 0 aliphatic carbocycles. The minimum atomic E-state index is -1.04. The molecule has 6 heteroatoms. The molecule has 103 valence electrons. The van der Waals surface area contributed by atoms with E-state index in [0.717, 1.165) is 12.1 Å². The van der Waals surface area contributed by atoms with Crippen LogP contribution in [0, 0.1) is 11.6 Å². The fourth-order valence-electron chi connectivity index (χ4n) is 1.63. The highest BCUT2D eigenvalue weighted by Crippen LogP contribution is 2.24. The standard InChI is InChI=1S/C14H11F2N2O2/c1-20-13-5-2-8(6-12(13)17)14(19)18-9-3-4-10(15)11(16)7-9/h2-7,17H,1H3,(H,18,19). The molecule has 0 unspecified atom stereocenters. The van der Waals surface area contributed by atoms with Gasteiger partial charge in [0, 0.05) is 17.3 Å². The largest absolute Gasteiger partial charge is 0.495 e. The molecule has 0 spiro atoms. The summed E-state index contributed by atoms with van der Waals surface area (Å²) in [6.45, 7) is 0. The van der Waals surface area contributed by atoms with Gasteiger partial charge < -0.3 is 10.1 Å². The van der Waals surface area contributed by atoms with Crippen LogP contribution in [0.3, 0.4) is 0 Å². The van der Waals surface area contributed by atoms with Gasteiger partial charge in [-0.1, -0.05) is 0 Å². The first kappa shape index (κ1) is 13.8. The van der Waals surface area contributed by atoms with Gasteiger partial charge in [0.1, 0.15) is 5.75 Å². The highest BCUT2D eigenvalue weighted by molar-refractivity contribution is 6.04. The van der Waals surface area contributed by atoms with E-state index in [9.17, 15) is 13.6 Å². The van der Waals surface area contributed by atoms with E-state index in [1.165, 1.54) is 31.4 Å². The van der Waals surface area contributed by atoms with Gasteiger partial charge in [0.15, 0.2) is 11.6 Å². The van der Waals surface area contributed by atoms with E-state index in [1.54, 1.807) is 0 Å². The number of ether oxygens (including phenoxy) is 1. The molecule has 20 heavy (non-hydrogen) atoms. The molecule has 0 saturated carbocycles. The van der Waals surface area contributed by atoms with Gasteiger partial charge in [0.2, 0.25) is 0 Å². The molecule has 2 aromatic carbocycles. The summed E-state index contributed by atoms with van der Waals surface area (Å²) in [7, 11) is 1.43. The molecule has 0 aliphatic rings. The van der Waals surface area contributed by atoms with E-state index in [4.69, 9.17) is 10.5 Å². The number of anilines is 1. The average Bonchev–Trinajstić information content (AvgIpc) is 2.42. The van der Waals surface area contributed by atoms with E-state index in [2.05, 4.69) is 5.32 Å². The van der Waals surface area contributed by atoms with Crippen molar-refractivity contribution < 1.29 is 18.3 Å². The van der Waals surface area contributed by atoms with Crippen molar-refractivity contribution >= 4 is 17.3 Å². The summed E-state index contributed by atoms with van der Waals surface area (Å²) in [6, 6.07) is 7.36. The smallest absolute Gasteiger partial charge is 0.255 e. The monoisotopic (exact) mass is 277 g/mol. The molecule has 1 amide bonds. The summed E-state index contributed by atoms with van der Waals surface area (Å²) in [5.74, 6) is -2.21. The Hall–Kier alpha value is -2.63. The van der Waals surface area contributed by atoms with Crippen LogP contribution in [0.2, 0.25) is 0 Å². The fraction of sp³-hybridized carbons (Fsp3) is 0.0714. The summed E-state index contributed by atoms with van der Waals surface area (Å²) in [4.78, 5) is 11.9. The molecule has 0 atom stereocenters. The molecule has 0 aliphatic heterocycles. The summed E-state index contributed by atoms with van der Waals surface area (Å²) < 4.78 is 30.7. The second-order valence-corrected chi connectivity index (χ2v) is 4.00. The van der Waals surface area contributed by atoms with Crippen LogP contribution in [-0.4, -0.2) is 13.0 Å². The zero-order chi connectivity index (χ0) is 14.7. The van der Waals surface area contributed by atoms with Crippen LogP contribution in [0.5, 0.6) is 5.75 Å². The lowest BCUT2D eigenvalue weighted by Gasteiger charge is -2.08. The minimum Gasteiger partial charge on any atom is -0.495 e. The highest BCUT2D eigenvalue weighted by atomic mass is 19.2. The van der Waals surface area contributed by atoms with Gasteiger partial charge in [-0.25, -0.2) is 8.78 Å². The lowest BCUT2D eigenvalue weighted by atomic mass is 10.1. The number of carbonyl (C=O) groups excluding carboxylic acids is 1.